The standard InChI is InChI=1S/C27H48O3Si3/c1-27-18-24(29-32(5,6)7)26-21-14-12-20(28-31(2,3)4)17-19(21)11-13-22(26)23(27)15-16-25(27)30-33(8,9)10/h12,14,17,22-26H,11,13,15-16,18H2,1-10H3. The highest BCUT2D eigenvalue weighted by Gasteiger charge is 2.59. The van der Waals surface area contributed by atoms with E-state index in [-0.39, 0.29) is 5.41 Å². The maximum Gasteiger partial charge on any atom is 0.242 e. The summed E-state index contributed by atoms with van der Waals surface area (Å²) in [7, 11) is -4.87. The molecule has 6 heteroatoms. The van der Waals surface area contributed by atoms with Crippen molar-refractivity contribution < 1.29 is 13.3 Å². The molecule has 1 aromatic carbocycles. The van der Waals surface area contributed by atoms with Crippen molar-refractivity contribution >= 4 is 25.0 Å². The van der Waals surface area contributed by atoms with Crippen molar-refractivity contribution in [2.24, 2.45) is 17.3 Å². The minimum absolute atomic E-state index is 0.240. The molecular weight excluding hydrogens is 457 g/mol. The molecule has 0 N–H and O–H groups in total. The molecule has 1 aromatic rings. The molecule has 0 radical (unpaired) electrons. The van der Waals surface area contributed by atoms with E-state index in [1.54, 1.807) is 5.56 Å². The van der Waals surface area contributed by atoms with Crippen molar-refractivity contribution in [1.29, 1.82) is 0 Å². The maximum atomic E-state index is 7.04. The van der Waals surface area contributed by atoms with Crippen LogP contribution in [0.5, 0.6) is 5.75 Å². The second-order valence-corrected chi connectivity index (χ2v) is 27.5. The van der Waals surface area contributed by atoms with Crippen molar-refractivity contribution in [1.82, 2.24) is 0 Å². The topological polar surface area (TPSA) is 27.7 Å². The first-order chi connectivity index (χ1) is 15.1. The Labute approximate surface area is 206 Å². The second kappa shape index (κ2) is 8.61. The Morgan fingerprint density at radius 2 is 1.48 bits per heavy atom. The molecule has 0 bridgehead atoms. The van der Waals surface area contributed by atoms with Crippen LogP contribution in [0.25, 0.3) is 0 Å². The third-order valence-electron chi connectivity index (χ3n) is 7.99. The largest absolute Gasteiger partial charge is 0.544 e. The summed E-state index contributed by atoms with van der Waals surface area (Å²) in [6, 6.07) is 7.00. The van der Waals surface area contributed by atoms with E-state index in [1.807, 2.05) is 0 Å². The molecule has 6 unspecified atom stereocenters. The Morgan fingerprint density at radius 1 is 0.818 bits per heavy atom. The first kappa shape index (κ1) is 25.7. The van der Waals surface area contributed by atoms with Crippen molar-refractivity contribution in [3.8, 4) is 5.75 Å². The number of aryl methyl sites for hydroxylation is 1. The smallest absolute Gasteiger partial charge is 0.242 e. The Hall–Kier alpha value is -0.409. The summed E-state index contributed by atoms with van der Waals surface area (Å²) in [5.74, 6) is 3.04. The lowest BCUT2D eigenvalue weighted by molar-refractivity contribution is -0.0688. The summed E-state index contributed by atoms with van der Waals surface area (Å²) < 4.78 is 20.2. The fourth-order valence-electron chi connectivity index (χ4n) is 7.17. The summed E-state index contributed by atoms with van der Waals surface area (Å²) in [4.78, 5) is 0. The molecule has 3 nitrogen and oxygen atoms in total. The first-order valence-electron chi connectivity index (χ1n) is 13.2. The van der Waals surface area contributed by atoms with E-state index in [0.717, 1.165) is 18.1 Å². The number of benzene rings is 1. The minimum Gasteiger partial charge on any atom is -0.544 e. The number of hydrogen-bond acceptors (Lipinski definition) is 3. The van der Waals surface area contributed by atoms with Gasteiger partial charge >= 0.3 is 0 Å². The summed E-state index contributed by atoms with van der Waals surface area (Å²) in [6.45, 7) is 23.5. The van der Waals surface area contributed by atoms with Gasteiger partial charge in [-0.1, -0.05) is 13.0 Å². The Bertz CT molecular complexity index is 867. The summed E-state index contributed by atoms with van der Waals surface area (Å²) in [6.07, 6.45) is 6.84. The lowest BCUT2D eigenvalue weighted by atomic mass is 9.54. The first-order valence-corrected chi connectivity index (χ1v) is 23.5. The quantitative estimate of drug-likeness (QED) is 0.370. The fraction of sp³-hybridized carbons (Fsp3) is 0.778. The zero-order valence-electron chi connectivity index (χ0n) is 22.9. The lowest BCUT2D eigenvalue weighted by Crippen LogP contribution is -2.54. The molecular formula is C27H48O3Si3. The Kier molecular flexibility index (Phi) is 6.70. The molecule has 33 heavy (non-hydrogen) atoms. The number of fused-ring (bicyclic) bond motifs is 5. The van der Waals surface area contributed by atoms with Crippen LogP contribution in [0, 0.1) is 17.3 Å². The summed E-state index contributed by atoms with van der Waals surface area (Å²) >= 11 is 0. The summed E-state index contributed by atoms with van der Waals surface area (Å²) in [5.41, 5.74) is 3.30. The Morgan fingerprint density at radius 3 is 2.09 bits per heavy atom. The molecule has 0 saturated heterocycles. The van der Waals surface area contributed by atoms with E-state index in [4.69, 9.17) is 13.3 Å². The van der Waals surface area contributed by atoms with Gasteiger partial charge in [0.15, 0.2) is 16.6 Å². The van der Waals surface area contributed by atoms with Crippen LogP contribution in [0.3, 0.4) is 0 Å². The monoisotopic (exact) mass is 504 g/mol. The molecule has 4 rings (SSSR count). The van der Waals surface area contributed by atoms with E-state index in [0.29, 0.717) is 24.0 Å². The second-order valence-electron chi connectivity index (χ2n) is 14.2. The van der Waals surface area contributed by atoms with Crippen LogP contribution in [-0.4, -0.2) is 37.2 Å². The van der Waals surface area contributed by atoms with Gasteiger partial charge in [-0.2, -0.15) is 0 Å². The van der Waals surface area contributed by atoms with Gasteiger partial charge in [-0.15, -0.1) is 0 Å². The van der Waals surface area contributed by atoms with Crippen molar-refractivity contribution in [3.05, 3.63) is 29.3 Å². The van der Waals surface area contributed by atoms with Crippen molar-refractivity contribution in [3.63, 3.8) is 0 Å². The van der Waals surface area contributed by atoms with Gasteiger partial charge in [0.1, 0.15) is 5.75 Å². The van der Waals surface area contributed by atoms with Crippen LogP contribution < -0.4 is 4.43 Å². The van der Waals surface area contributed by atoms with Gasteiger partial charge in [0.2, 0.25) is 8.32 Å². The molecule has 0 aromatic heterocycles. The molecule has 3 aliphatic carbocycles. The van der Waals surface area contributed by atoms with Gasteiger partial charge in [0.25, 0.3) is 0 Å². The van der Waals surface area contributed by atoms with E-state index in [1.165, 1.54) is 31.2 Å². The third-order valence-corrected chi connectivity index (χ3v) is 10.8. The van der Waals surface area contributed by atoms with Crippen LogP contribution in [0.4, 0.5) is 0 Å². The van der Waals surface area contributed by atoms with E-state index in [9.17, 15) is 0 Å². The normalized spacial score (nSPS) is 34.4. The zero-order chi connectivity index (χ0) is 24.4. The number of hydrogen-bond donors (Lipinski definition) is 0. The molecule has 0 heterocycles. The van der Waals surface area contributed by atoms with Gasteiger partial charge in [-0.25, -0.2) is 0 Å². The molecule has 0 aliphatic heterocycles. The number of rotatable bonds is 6. The SMILES string of the molecule is CC12CC(O[Si](C)(C)C)C3c4ccc(O[Si](C)(C)C)cc4CCC3C1CCC2O[Si](C)(C)C. The molecule has 0 spiro atoms. The van der Waals surface area contributed by atoms with Gasteiger partial charge < -0.3 is 13.3 Å². The average Bonchev–Trinajstić information content (AvgIpc) is 2.93. The molecule has 3 aliphatic rings. The van der Waals surface area contributed by atoms with Crippen molar-refractivity contribution in [2.45, 2.75) is 116 Å². The van der Waals surface area contributed by atoms with Crippen LogP contribution in [0.1, 0.15) is 49.7 Å². The van der Waals surface area contributed by atoms with Crippen LogP contribution >= 0.6 is 0 Å². The van der Waals surface area contributed by atoms with Crippen LogP contribution in [0.2, 0.25) is 58.9 Å². The van der Waals surface area contributed by atoms with Gasteiger partial charge in [-0.3, -0.25) is 0 Å². The predicted octanol–water partition coefficient (Wildman–Crippen LogP) is 7.81. The molecule has 0 amide bonds. The fourth-order valence-corrected chi connectivity index (χ4v) is 10.4. The maximum absolute atomic E-state index is 7.04. The van der Waals surface area contributed by atoms with Crippen LogP contribution in [-0.2, 0) is 15.3 Å². The van der Waals surface area contributed by atoms with Gasteiger partial charge in [0.05, 0.1) is 12.2 Å². The van der Waals surface area contributed by atoms with E-state index in [2.05, 4.69) is 84.0 Å². The van der Waals surface area contributed by atoms with Crippen molar-refractivity contribution in [2.75, 3.05) is 0 Å². The molecule has 2 saturated carbocycles. The van der Waals surface area contributed by atoms with Gasteiger partial charge in [-0.05, 0) is 132 Å². The van der Waals surface area contributed by atoms with Gasteiger partial charge in [0, 0.05) is 5.92 Å². The molecule has 6 atom stereocenters. The minimum atomic E-state index is -1.68. The lowest BCUT2D eigenvalue weighted by Gasteiger charge is -2.55. The highest BCUT2D eigenvalue weighted by atomic mass is 28.4. The van der Waals surface area contributed by atoms with E-state index >= 15 is 0 Å². The highest BCUT2D eigenvalue weighted by Crippen LogP contribution is 2.62. The van der Waals surface area contributed by atoms with E-state index < -0.39 is 25.0 Å². The average molecular weight is 505 g/mol. The zero-order valence-corrected chi connectivity index (χ0v) is 25.9. The third kappa shape index (κ3) is 5.55. The molecule has 186 valence electrons. The summed E-state index contributed by atoms with van der Waals surface area (Å²) in [5, 5.41) is 0. The Balaban J connectivity index is 1.70. The highest BCUT2D eigenvalue weighted by molar-refractivity contribution is 6.70. The molecule has 2 fully saturated rings. The predicted molar refractivity (Wildman–Crippen MR) is 147 cm³/mol. The van der Waals surface area contributed by atoms with Crippen LogP contribution in [0.15, 0.2) is 18.2 Å².